The second-order valence-corrected chi connectivity index (χ2v) is 8.73. The fraction of sp³-hybridized carbons (Fsp3) is 0.800. The highest BCUT2D eigenvalue weighted by atomic mass is 16.5. The molecule has 3 fully saturated rings. The van der Waals surface area contributed by atoms with E-state index in [9.17, 15) is 19.2 Å². The number of carbonyl (C=O) groups is 4. The zero-order chi connectivity index (χ0) is 20.5. The zero-order valence-corrected chi connectivity index (χ0v) is 17.0. The quantitative estimate of drug-likeness (QED) is 0.579. The first-order valence-electron chi connectivity index (χ1n) is 10.3. The van der Waals surface area contributed by atoms with Crippen molar-refractivity contribution in [2.75, 3.05) is 19.6 Å². The third-order valence-electron chi connectivity index (χ3n) is 6.41. The lowest BCUT2D eigenvalue weighted by Crippen LogP contribution is -2.49. The molecule has 3 rings (SSSR count). The molecular weight excluding hydrogens is 362 g/mol. The van der Waals surface area contributed by atoms with Gasteiger partial charge in [0.15, 0.2) is 6.10 Å². The van der Waals surface area contributed by atoms with Gasteiger partial charge in [-0.1, -0.05) is 13.8 Å². The summed E-state index contributed by atoms with van der Waals surface area (Å²) in [6, 6.07) is -0.555. The maximum Gasteiger partial charge on any atom is 0.327 e. The molecule has 0 aromatic rings. The molecular formula is C20H31N3O5. The Balaban J connectivity index is 1.53. The molecule has 0 aromatic heterocycles. The molecule has 0 bridgehead atoms. The van der Waals surface area contributed by atoms with Crippen LogP contribution >= 0.6 is 0 Å². The molecule has 0 radical (unpaired) electrons. The van der Waals surface area contributed by atoms with E-state index in [1.165, 1.54) is 6.92 Å². The average Bonchev–Trinajstić information content (AvgIpc) is 2.88. The van der Waals surface area contributed by atoms with Crippen LogP contribution in [0.4, 0.5) is 4.79 Å². The number of imide groups is 1. The van der Waals surface area contributed by atoms with E-state index in [1.807, 2.05) is 0 Å². The monoisotopic (exact) mass is 393 g/mol. The molecule has 0 aromatic carbocycles. The summed E-state index contributed by atoms with van der Waals surface area (Å²) in [7, 11) is 0. The van der Waals surface area contributed by atoms with Crippen molar-refractivity contribution in [3.63, 3.8) is 0 Å². The Morgan fingerprint density at radius 2 is 1.68 bits per heavy atom. The largest absolute Gasteiger partial charge is 0.451 e. The summed E-state index contributed by atoms with van der Waals surface area (Å²) in [5.74, 6) is -0.202. The molecule has 2 saturated heterocycles. The smallest absolute Gasteiger partial charge is 0.327 e. The van der Waals surface area contributed by atoms with Crippen LogP contribution in [0, 0.1) is 11.8 Å². The van der Waals surface area contributed by atoms with Gasteiger partial charge in [-0.05, 0) is 57.3 Å². The van der Waals surface area contributed by atoms with Crippen molar-refractivity contribution >= 4 is 23.8 Å². The first-order valence-corrected chi connectivity index (χ1v) is 10.3. The van der Waals surface area contributed by atoms with E-state index in [0.717, 1.165) is 30.6 Å². The van der Waals surface area contributed by atoms with E-state index in [2.05, 4.69) is 19.2 Å². The number of hydrogen-bond acceptors (Lipinski definition) is 5. The van der Waals surface area contributed by atoms with Gasteiger partial charge in [0, 0.05) is 13.1 Å². The first-order chi connectivity index (χ1) is 13.2. The minimum atomic E-state index is -0.925. The van der Waals surface area contributed by atoms with Gasteiger partial charge in [0.2, 0.25) is 0 Å². The fourth-order valence-corrected chi connectivity index (χ4v) is 4.31. The Morgan fingerprint density at radius 1 is 1.11 bits per heavy atom. The molecule has 2 heterocycles. The highest BCUT2D eigenvalue weighted by Crippen LogP contribution is 2.36. The minimum Gasteiger partial charge on any atom is -0.451 e. The summed E-state index contributed by atoms with van der Waals surface area (Å²) in [5, 5.41) is 2.78. The molecule has 1 aliphatic carbocycles. The Bertz CT molecular complexity index is 648. The molecule has 8 heteroatoms. The predicted octanol–water partition coefficient (Wildman–Crippen LogP) is 1.68. The lowest BCUT2D eigenvalue weighted by molar-refractivity contribution is -0.161. The Hall–Kier alpha value is -2.12. The molecule has 4 amide bonds. The average molecular weight is 393 g/mol. The molecule has 1 N–H and O–H groups in total. The van der Waals surface area contributed by atoms with Gasteiger partial charge >= 0.3 is 12.0 Å². The lowest BCUT2D eigenvalue weighted by Gasteiger charge is -2.33. The van der Waals surface area contributed by atoms with Gasteiger partial charge in [-0.3, -0.25) is 19.3 Å². The van der Waals surface area contributed by atoms with Crippen LogP contribution in [-0.2, 0) is 19.1 Å². The second kappa shape index (κ2) is 8.09. The lowest BCUT2D eigenvalue weighted by atomic mass is 9.77. The molecule has 3 aliphatic rings. The number of nitrogens with zero attached hydrogens (tertiary/aromatic N) is 2. The van der Waals surface area contributed by atoms with Gasteiger partial charge in [-0.15, -0.1) is 0 Å². The van der Waals surface area contributed by atoms with E-state index < -0.39 is 30.2 Å². The second-order valence-electron chi connectivity index (χ2n) is 8.73. The van der Waals surface area contributed by atoms with Crippen LogP contribution in [0.15, 0.2) is 0 Å². The molecule has 156 valence electrons. The summed E-state index contributed by atoms with van der Waals surface area (Å²) in [5.41, 5.74) is -0.879. The van der Waals surface area contributed by atoms with E-state index in [-0.39, 0.29) is 11.8 Å². The SMILES string of the molecule is CC1CCN(C(=O)C(C)OC(=O)CN2C(=O)NC3(CCC(C)CC3)C2=O)CC1. The Labute approximate surface area is 165 Å². The number of likely N-dealkylation sites (tertiary alicyclic amines) is 1. The predicted molar refractivity (Wildman–Crippen MR) is 101 cm³/mol. The molecule has 8 nitrogen and oxygen atoms in total. The first kappa shape index (κ1) is 20.6. The number of ether oxygens (including phenoxy) is 1. The number of piperidine rings is 1. The summed E-state index contributed by atoms with van der Waals surface area (Å²) >= 11 is 0. The van der Waals surface area contributed by atoms with Crippen LogP contribution in [0.2, 0.25) is 0 Å². The molecule has 1 atom stereocenters. The van der Waals surface area contributed by atoms with Crippen LogP contribution in [-0.4, -0.2) is 64.9 Å². The molecule has 1 spiro atoms. The van der Waals surface area contributed by atoms with Crippen LogP contribution in [0.5, 0.6) is 0 Å². The molecule has 2 aliphatic heterocycles. The van der Waals surface area contributed by atoms with E-state index in [1.54, 1.807) is 4.90 Å². The third-order valence-corrected chi connectivity index (χ3v) is 6.41. The molecule has 1 saturated carbocycles. The van der Waals surface area contributed by atoms with E-state index in [0.29, 0.717) is 37.8 Å². The van der Waals surface area contributed by atoms with Gasteiger partial charge in [-0.2, -0.15) is 0 Å². The summed E-state index contributed by atoms with van der Waals surface area (Å²) in [6.45, 7) is 6.68. The number of esters is 1. The van der Waals surface area contributed by atoms with Crippen molar-refractivity contribution < 1.29 is 23.9 Å². The van der Waals surface area contributed by atoms with Crippen molar-refractivity contribution in [2.24, 2.45) is 11.8 Å². The van der Waals surface area contributed by atoms with E-state index >= 15 is 0 Å². The van der Waals surface area contributed by atoms with Crippen LogP contribution in [0.25, 0.3) is 0 Å². The summed E-state index contributed by atoms with van der Waals surface area (Å²) < 4.78 is 5.24. The van der Waals surface area contributed by atoms with Gasteiger partial charge in [0.05, 0.1) is 0 Å². The molecule has 1 unspecified atom stereocenters. The topological polar surface area (TPSA) is 96.0 Å². The maximum absolute atomic E-state index is 12.8. The van der Waals surface area contributed by atoms with Crippen LogP contribution in [0.3, 0.4) is 0 Å². The van der Waals surface area contributed by atoms with Gasteiger partial charge in [0.1, 0.15) is 12.1 Å². The highest BCUT2D eigenvalue weighted by molar-refractivity contribution is 6.08. The van der Waals surface area contributed by atoms with E-state index in [4.69, 9.17) is 4.74 Å². The number of urea groups is 1. The van der Waals surface area contributed by atoms with Crippen molar-refractivity contribution in [3.05, 3.63) is 0 Å². The number of rotatable bonds is 4. The van der Waals surface area contributed by atoms with Crippen LogP contribution in [0.1, 0.15) is 59.3 Å². The summed E-state index contributed by atoms with van der Waals surface area (Å²) in [4.78, 5) is 52.5. The third kappa shape index (κ3) is 4.15. The Kier molecular flexibility index (Phi) is 5.95. The standard InChI is InChI=1S/C20H31N3O5/c1-13-4-8-20(9-5-13)18(26)23(19(27)21-20)12-16(24)28-15(3)17(25)22-10-6-14(2)7-11-22/h13-15H,4-12H2,1-3H3,(H,21,27). The zero-order valence-electron chi connectivity index (χ0n) is 17.0. The maximum atomic E-state index is 12.8. The van der Waals surface area contributed by atoms with Crippen LogP contribution < -0.4 is 5.32 Å². The number of carbonyl (C=O) groups excluding carboxylic acids is 4. The number of hydrogen-bond donors (Lipinski definition) is 1. The number of nitrogens with one attached hydrogen (secondary N) is 1. The Morgan fingerprint density at radius 3 is 2.29 bits per heavy atom. The fourth-order valence-electron chi connectivity index (χ4n) is 4.31. The molecule has 28 heavy (non-hydrogen) atoms. The van der Waals surface area contributed by atoms with Crippen molar-refractivity contribution in [3.8, 4) is 0 Å². The normalized spacial score (nSPS) is 29.8. The van der Waals surface area contributed by atoms with Gasteiger partial charge in [0.25, 0.3) is 11.8 Å². The summed E-state index contributed by atoms with van der Waals surface area (Å²) in [6.07, 6.45) is 3.87. The van der Waals surface area contributed by atoms with Crippen molar-refractivity contribution in [1.82, 2.24) is 15.1 Å². The highest BCUT2D eigenvalue weighted by Gasteiger charge is 2.52. The van der Waals surface area contributed by atoms with Crippen molar-refractivity contribution in [1.29, 1.82) is 0 Å². The van der Waals surface area contributed by atoms with Crippen molar-refractivity contribution in [2.45, 2.75) is 70.9 Å². The number of amides is 4. The van der Waals surface area contributed by atoms with Gasteiger partial charge < -0.3 is 15.0 Å². The minimum absolute atomic E-state index is 0.227. The van der Waals surface area contributed by atoms with Gasteiger partial charge in [-0.25, -0.2) is 4.79 Å².